The standard InChI is InChI=1S/C17H15BrCl3N3OS/c1-10-4-2-3-5-13(10)22-16(26)24-15(17(19,20)21)23-14(25)11-6-8-12(18)9-7-11/h2-9,15H,1H3,(H,23,25)(H2,22,24,26)/t15-/m1/s1. The molecule has 9 heteroatoms. The Kier molecular flexibility index (Phi) is 7.55. The van der Waals surface area contributed by atoms with Crippen molar-refractivity contribution in [3.8, 4) is 0 Å². The SMILES string of the molecule is Cc1ccccc1NC(=S)N[C@@H](NC(=O)c1ccc(Br)cc1)C(Cl)(Cl)Cl. The highest BCUT2D eigenvalue weighted by molar-refractivity contribution is 9.10. The van der Waals surface area contributed by atoms with Gasteiger partial charge in [0, 0.05) is 15.7 Å². The van der Waals surface area contributed by atoms with Crippen LogP contribution in [0.1, 0.15) is 15.9 Å². The third-order valence-corrected chi connectivity index (χ3v) is 4.78. The molecule has 0 spiro atoms. The fraction of sp³-hybridized carbons (Fsp3) is 0.176. The summed E-state index contributed by atoms with van der Waals surface area (Å²) >= 11 is 26.6. The van der Waals surface area contributed by atoms with E-state index in [4.69, 9.17) is 47.0 Å². The highest BCUT2D eigenvalue weighted by Gasteiger charge is 2.34. The molecule has 1 atom stereocenters. The summed E-state index contributed by atoms with van der Waals surface area (Å²) in [5.41, 5.74) is 2.24. The molecule has 4 nitrogen and oxygen atoms in total. The van der Waals surface area contributed by atoms with Crippen molar-refractivity contribution in [3.05, 3.63) is 64.1 Å². The number of carbonyl (C=O) groups is 1. The molecule has 0 saturated carbocycles. The van der Waals surface area contributed by atoms with Crippen LogP contribution in [-0.2, 0) is 0 Å². The first-order chi connectivity index (χ1) is 12.2. The van der Waals surface area contributed by atoms with Gasteiger partial charge in [-0.25, -0.2) is 0 Å². The first-order valence-electron chi connectivity index (χ1n) is 7.43. The van der Waals surface area contributed by atoms with Gasteiger partial charge in [0.05, 0.1) is 0 Å². The minimum Gasteiger partial charge on any atom is -0.339 e. The number of nitrogens with one attached hydrogen (secondary N) is 3. The molecule has 2 aromatic rings. The molecule has 0 unspecified atom stereocenters. The largest absolute Gasteiger partial charge is 0.339 e. The number of halogens is 4. The predicted octanol–water partition coefficient (Wildman–Crippen LogP) is 5.17. The van der Waals surface area contributed by atoms with Crippen LogP contribution in [0.5, 0.6) is 0 Å². The molecule has 0 bridgehead atoms. The van der Waals surface area contributed by atoms with Crippen molar-refractivity contribution >= 4 is 79.7 Å². The number of thiocarbonyl (C=S) groups is 1. The van der Waals surface area contributed by atoms with Gasteiger partial charge in [-0.05, 0) is 55.0 Å². The minimum absolute atomic E-state index is 0.215. The molecule has 0 aromatic heterocycles. The van der Waals surface area contributed by atoms with E-state index in [-0.39, 0.29) is 5.11 Å². The number of para-hydroxylation sites is 1. The number of hydrogen-bond donors (Lipinski definition) is 3. The number of rotatable bonds is 4. The quantitative estimate of drug-likeness (QED) is 0.311. The topological polar surface area (TPSA) is 53.2 Å². The molecule has 0 aliphatic carbocycles. The van der Waals surface area contributed by atoms with E-state index in [0.29, 0.717) is 5.56 Å². The Morgan fingerprint density at radius 2 is 1.69 bits per heavy atom. The van der Waals surface area contributed by atoms with Crippen molar-refractivity contribution in [2.24, 2.45) is 0 Å². The highest BCUT2D eigenvalue weighted by Crippen LogP contribution is 2.29. The maximum Gasteiger partial charge on any atom is 0.252 e. The predicted molar refractivity (Wildman–Crippen MR) is 116 cm³/mol. The smallest absolute Gasteiger partial charge is 0.252 e. The van der Waals surface area contributed by atoms with E-state index < -0.39 is 15.9 Å². The highest BCUT2D eigenvalue weighted by atomic mass is 79.9. The summed E-state index contributed by atoms with van der Waals surface area (Å²) < 4.78 is -0.962. The normalized spacial score (nSPS) is 12.2. The molecule has 1 amide bonds. The third kappa shape index (κ3) is 6.28. The molecule has 3 N–H and O–H groups in total. The summed E-state index contributed by atoms with van der Waals surface area (Å²) in [5, 5.41) is 8.70. The van der Waals surface area contributed by atoms with Gasteiger partial charge >= 0.3 is 0 Å². The molecule has 0 aliphatic heterocycles. The van der Waals surface area contributed by atoms with E-state index >= 15 is 0 Å². The summed E-state index contributed by atoms with van der Waals surface area (Å²) in [7, 11) is 0. The molecule has 0 fully saturated rings. The van der Waals surface area contributed by atoms with Crippen molar-refractivity contribution in [1.82, 2.24) is 10.6 Å². The molecule has 2 aromatic carbocycles. The fourth-order valence-corrected chi connectivity index (χ4v) is 2.84. The van der Waals surface area contributed by atoms with Crippen LogP contribution in [0.2, 0.25) is 0 Å². The Balaban J connectivity index is 2.07. The summed E-state index contributed by atoms with van der Waals surface area (Å²) in [6.45, 7) is 1.94. The molecular formula is C17H15BrCl3N3OS. The van der Waals surface area contributed by atoms with E-state index in [1.54, 1.807) is 24.3 Å². The molecule has 0 radical (unpaired) electrons. The Bertz CT molecular complexity index is 797. The summed E-state index contributed by atoms with van der Waals surface area (Å²) in [6.07, 6.45) is -1.03. The summed E-state index contributed by atoms with van der Waals surface area (Å²) in [6, 6.07) is 14.4. The molecule has 0 saturated heterocycles. The molecule has 0 heterocycles. The fourth-order valence-electron chi connectivity index (χ4n) is 2.02. The van der Waals surface area contributed by atoms with Gasteiger partial charge in [0.15, 0.2) is 5.11 Å². The van der Waals surface area contributed by atoms with Crippen molar-refractivity contribution in [2.75, 3.05) is 5.32 Å². The molecule has 2 rings (SSSR count). The van der Waals surface area contributed by atoms with Crippen molar-refractivity contribution < 1.29 is 4.79 Å². The number of alkyl halides is 3. The zero-order chi connectivity index (χ0) is 19.3. The van der Waals surface area contributed by atoms with Crippen molar-refractivity contribution in [3.63, 3.8) is 0 Å². The van der Waals surface area contributed by atoms with Gasteiger partial charge in [0.1, 0.15) is 6.17 Å². The van der Waals surface area contributed by atoms with Gasteiger partial charge in [-0.3, -0.25) is 4.79 Å². The van der Waals surface area contributed by atoms with Crippen LogP contribution >= 0.6 is 63.0 Å². The number of anilines is 1. The van der Waals surface area contributed by atoms with Crippen molar-refractivity contribution in [2.45, 2.75) is 16.9 Å². The second kappa shape index (κ2) is 9.24. The lowest BCUT2D eigenvalue weighted by Gasteiger charge is -2.28. The van der Waals surface area contributed by atoms with Gasteiger partial charge < -0.3 is 16.0 Å². The van der Waals surface area contributed by atoms with Gasteiger partial charge in [-0.15, -0.1) is 0 Å². The average molecular weight is 496 g/mol. The van der Waals surface area contributed by atoms with E-state index in [0.717, 1.165) is 15.7 Å². The van der Waals surface area contributed by atoms with Crippen LogP contribution in [0.15, 0.2) is 53.0 Å². The number of aryl methyl sites for hydroxylation is 1. The van der Waals surface area contributed by atoms with Gasteiger partial charge in [0.25, 0.3) is 5.91 Å². The zero-order valence-corrected chi connectivity index (χ0v) is 18.2. The Hall–Kier alpha value is -1.05. The molecule has 0 aliphatic rings. The Morgan fingerprint density at radius 3 is 2.27 bits per heavy atom. The lowest BCUT2D eigenvalue weighted by Crippen LogP contribution is -2.56. The number of carbonyl (C=O) groups excluding carboxylic acids is 1. The van der Waals surface area contributed by atoms with Gasteiger partial charge in [-0.2, -0.15) is 0 Å². The Labute approximate surface area is 180 Å². The second-order valence-electron chi connectivity index (χ2n) is 5.37. The lowest BCUT2D eigenvalue weighted by molar-refractivity contribution is 0.0934. The number of hydrogen-bond acceptors (Lipinski definition) is 2. The molecule has 138 valence electrons. The lowest BCUT2D eigenvalue weighted by atomic mass is 10.2. The van der Waals surface area contributed by atoms with E-state index in [9.17, 15) is 4.79 Å². The van der Waals surface area contributed by atoms with Crippen LogP contribution in [0.3, 0.4) is 0 Å². The maximum absolute atomic E-state index is 12.4. The van der Waals surface area contributed by atoms with Crippen LogP contribution in [0.25, 0.3) is 0 Å². The van der Waals surface area contributed by atoms with Gasteiger partial charge in [-0.1, -0.05) is 68.9 Å². The maximum atomic E-state index is 12.4. The average Bonchev–Trinajstić information content (AvgIpc) is 2.56. The first kappa shape index (κ1) is 21.3. The van der Waals surface area contributed by atoms with E-state index in [1.807, 2.05) is 31.2 Å². The summed E-state index contributed by atoms with van der Waals surface area (Å²) in [5.74, 6) is -0.403. The Morgan fingerprint density at radius 1 is 1.08 bits per heavy atom. The number of amides is 1. The van der Waals surface area contributed by atoms with Crippen LogP contribution in [0, 0.1) is 6.92 Å². The van der Waals surface area contributed by atoms with Crippen molar-refractivity contribution in [1.29, 1.82) is 0 Å². The summed E-state index contributed by atoms with van der Waals surface area (Å²) in [4.78, 5) is 12.4. The molecule has 26 heavy (non-hydrogen) atoms. The third-order valence-electron chi connectivity index (χ3n) is 3.38. The first-order valence-corrected chi connectivity index (χ1v) is 9.76. The van der Waals surface area contributed by atoms with Crippen LogP contribution < -0.4 is 16.0 Å². The van der Waals surface area contributed by atoms with Crippen LogP contribution in [-0.4, -0.2) is 21.0 Å². The monoisotopic (exact) mass is 493 g/mol. The minimum atomic E-state index is -1.82. The number of benzene rings is 2. The van der Waals surface area contributed by atoms with Gasteiger partial charge in [0.2, 0.25) is 3.79 Å². The zero-order valence-electron chi connectivity index (χ0n) is 13.5. The van der Waals surface area contributed by atoms with Crippen LogP contribution in [0.4, 0.5) is 5.69 Å². The van der Waals surface area contributed by atoms with E-state index in [1.165, 1.54) is 0 Å². The van der Waals surface area contributed by atoms with E-state index in [2.05, 4.69) is 31.9 Å². The second-order valence-corrected chi connectivity index (χ2v) is 9.06. The molecular weight excluding hydrogens is 481 g/mol.